The van der Waals surface area contributed by atoms with Crippen molar-refractivity contribution < 1.29 is 19.0 Å². The van der Waals surface area contributed by atoms with E-state index in [1.807, 2.05) is 43.3 Å². The normalized spacial score (nSPS) is 10.6. The second-order valence-electron chi connectivity index (χ2n) is 4.93. The molecule has 0 heterocycles. The van der Waals surface area contributed by atoms with Crippen LogP contribution in [0.15, 0.2) is 41.6 Å². The second-order valence-corrected chi connectivity index (χ2v) is 4.93. The first-order valence-corrected chi connectivity index (χ1v) is 7.18. The molecule has 0 saturated heterocycles. The van der Waals surface area contributed by atoms with Gasteiger partial charge in [-0.25, -0.2) is 0 Å². The number of methoxy groups -OCH3 is 3. The Morgan fingerprint density at radius 2 is 1.65 bits per heavy atom. The predicted molar refractivity (Wildman–Crippen MR) is 89.7 cm³/mol. The summed E-state index contributed by atoms with van der Waals surface area (Å²) >= 11 is 0. The minimum absolute atomic E-state index is 0.327. The molecular weight excluding hydrogens is 294 g/mol. The SMILES string of the molecule is COc1ccc(OC)c(/C=N\OCc2cc(C)ccc2OC)c1. The molecule has 2 aromatic rings. The van der Waals surface area contributed by atoms with E-state index in [1.165, 1.54) is 0 Å². The average molecular weight is 315 g/mol. The van der Waals surface area contributed by atoms with E-state index in [2.05, 4.69) is 5.16 Å². The Labute approximate surface area is 136 Å². The largest absolute Gasteiger partial charge is 0.497 e. The number of hydrogen-bond donors (Lipinski definition) is 0. The molecule has 122 valence electrons. The Balaban J connectivity index is 2.06. The van der Waals surface area contributed by atoms with E-state index in [-0.39, 0.29) is 0 Å². The van der Waals surface area contributed by atoms with Crippen molar-refractivity contribution in [3.63, 3.8) is 0 Å². The first-order valence-electron chi connectivity index (χ1n) is 7.18. The third-order valence-electron chi connectivity index (χ3n) is 3.36. The lowest BCUT2D eigenvalue weighted by Crippen LogP contribution is -1.96. The molecule has 0 aliphatic heterocycles. The molecule has 0 bridgehead atoms. The Hall–Kier alpha value is -2.69. The Morgan fingerprint density at radius 3 is 2.35 bits per heavy atom. The molecule has 0 amide bonds. The molecular formula is C18H21NO4. The van der Waals surface area contributed by atoms with Crippen molar-refractivity contribution in [1.82, 2.24) is 0 Å². The van der Waals surface area contributed by atoms with Crippen LogP contribution in [0.2, 0.25) is 0 Å². The number of aryl methyl sites for hydroxylation is 1. The highest BCUT2D eigenvalue weighted by molar-refractivity contribution is 5.83. The summed E-state index contributed by atoms with van der Waals surface area (Å²) in [6, 6.07) is 11.4. The zero-order chi connectivity index (χ0) is 16.7. The molecule has 0 saturated carbocycles. The molecule has 0 spiro atoms. The van der Waals surface area contributed by atoms with E-state index in [1.54, 1.807) is 27.5 Å². The van der Waals surface area contributed by atoms with Gasteiger partial charge in [0, 0.05) is 11.1 Å². The summed E-state index contributed by atoms with van der Waals surface area (Å²) in [5.74, 6) is 2.21. The predicted octanol–water partition coefficient (Wildman–Crippen LogP) is 3.57. The highest BCUT2D eigenvalue weighted by atomic mass is 16.6. The summed E-state index contributed by atoms with van der Waals surface area (Å²) < 4.78 is 15.8. The summed E-state index contributed by atoms with van der Waals surface area (Å²) in [7, 11) is 4.86. The molecule has 2 rings (SSSR count). The molecule has 0 unspecified atom stereocenters. The van der Waals surface area contributed by atoms with Crippen molar-refractivity contribution >= 4 is 6.21 Å². The summed E-state index contributed by atoms with van der Waals surface area (Å²) in [5.41, 5.74) is 2.87. The van der Waals surface area contributed by atoms with Crippen LogP contribution in [0.5, 0.6) is 17.2 Å². The van der Waals surface area contributed by atoms with Crippen LogP contribution in [0, 0.1) is 6.92 Å². The molecule has 0 aliphatic rings. The molecule has 5 heteroatoms. The molecule has 23 heavy (non-hydrogen) atoms. The lowest BCUT2D eigenvalue weighted by atomic mass is 10.1. The van der Waals surface area contributed by atoms with Crippen molar-refractivity contribution in [2.45, 2.75) is 13.5 Å². The number of ether oxygens (including phenoxy) is 3. The zero-order valence-electron chi connectivity index (χ0n) is 13.8. The molecule has 0 fully saturated rings. The van der Waals surface area contributed by atoms with Gasteiger partial charge in [-0.15, -0.1) is 0 Å². The van der Waals surface area contributed by atoms with Gasteiger partial charge in [-0.1, -0.05) is 16.8 Å². The molecule has 2 aromatic carbocycles. The molecule has 0 aliphatic carbocycles. The Morgan fingerprint density at radius 1 is 0.913 bits per heavy atom. The van der Waals surface area contributed by atoms with E-state index in [0.29, 0.717) is 12.4 Å². The standard InChI is InChI=1S/C18H21NO4/c1-13-5-7-18(22-4)15(9-13)12-23-19-11-14-10-16(20-2)6-8-17(14)21-3/h5-11H,12H2,1-4H3/b19-11-. The number of oxime groups is 1. The third-order valence-corrected chi connectivity index (χ3v) is 3.36. The lowest BCUT2D eigenvalue weighted by Gasteiger charge is -2.09. The fourth-order valence-corrected chi connectivity index (χ4v) is 2.16. The van der Waals surface area contributed by atoms with Gasteiger partial charge in [0.1, 0.15) is 23.9 Å². The van der Waals surface area contributed by atoms with Gasteiger partial charge in [0.15, 0.2) is 0 Å². The maximum Gasteiger partial charge on any atom is 0.145 e. The topological polar surface area (TPSA) is 49.3 Å². The van der Waals surface area contributed by atoms with Crippen LogP contribution in [0.25, 0.3) is 0 Å². The van der Waals surface area contributed by atoms with Gasteiger partial charge in [-0.2, -0.15) is 0 Å². The quantitative estimate of drug-likeness (QED) is 0.579. The van der Waals surface area contributed by atoms with Gasteiger partial charge in [0.25, 0.3) is 0 Å². The number of hydrogen-bond acceptors (Lipinski definition) is 5. The molecule has 0 atom stereocenters. The van der Waals surface area contributed by atoms with E-state index in [9.17, 15) is 0 Å². The Kier molecular flexibility index (Phi) is 5.86. The monoisotopic (exact) mass is 315 g/mol. The first-order chi connectivity index (χ1) is 11.2. The van der Waals surface area contributed by atoms with Crippen molar-refractivity contribution in [2.75, 3.05) is 21.3 Å². The van der Waals surface area contributed by atoms with Crippen LogP contribution in [-0.4, -0.2) is 27.5 Å². The minimum atomic E-state index is 0.327. The van der Waals surface area contributed by atoms with Crippen molar-refractivity contribution in [1.29, 1.82) is 0 Å². The second kappa shape index (κ2) is 8.08. The van der Waals surface area contributed by atoms with E-state index < -0.39 is 0 Å². The van der Waals surface area contributed by atoms with Gasteiger partial charge in [0.2, 0.25) is 0 Å². The lowest BCUT2D eigenvalue weighted by molar-refractivity contribution is 0.130. The van der Waals surface area contributed by atoms with Crippen LogP contribution >= 0.6 is 0 Å². The maximum atomic E-state index is 5.39. The molecule has 0 radical (unpaired) electrons. The molecule has 0 N–H and O–H groups in total. The van der Waals surface area contributed by atoms with Crippen molar-refractivity contribution in [3.05, 3.63) is 53.1 Å². The number of nitrogens with zero attached hydrogens (tertiary/aromatic N) is 1. The van der Waals surface area contributed by atoms with Gasteiger partial charge in [-0.3, -0.25) is 0 Å². The van der Waals surface area contributed by atoms with Crippen molar-refractivity contribution in [2.24, 2.45) is 5.16 Å². The Bertz CT molecular complexity index is 683. The smallest absolute Gasteiger partial charge is 0.145 e. The average Bonchev–Trinajstić information content (AvgIpc) is 2.58. The van der Waals surface area contributed by atoms with E-state index in [4.69, 9.17) is 19.0 Å². The van der Waals surface area contributed by atoms with E-state index in [0.717, 1.165) is 28.2 Å². The summed E-state index contributed by atoms with van der Waals surface area (Å²) in [6.07, 6.45) is 1.60. The van der Waals surface area contributed by atoms with E-state index >= 15 is 0 Å². The van der Waals surface area contributed by atoms with Gasteiger partial charge in [0.05, 0.1) is 27.5 Å². The van der Waals surface area contributed by atoms with Gasteiger partial charge >= 0.3 is 0 Å². The minimum Gasteiger partial charge on any atom is -0.497 e. The first kappa shape index (κ1) is 16.7. The van der Waals surface area contributed by atoms with Gasteiger partial charge < -0.3 is 19.0 Å². The molecule has 0 aromatic heterocycles. The summed E-state index contributed by atoms with van der Waals surface area (Å²) in [5, 5.41) is 4.01. The summed E-state index contributed by atoms with van der Waals surface area (Å²) in [4.78, 5) is 5.39. The third kappa shape index (κ3) is 4.39. The maximum absolute atomic E-state index is 5.39. The molecule has 5 nitrogen and oxygen atoms in total. The fraction of sp³-hybridized carbons (Fsp3) is 0.278. The van der Waals surface area contributed by atoms with Crippen LogP contribution < -0.4 is 14.2 Å². The fourth-order valence-electron chi connectivity index (χ4n) is 2.16. The zero-order valence-corrected chi connectivity index (χ0v) is 13.8. The van der Waals surface area contributed by atoms with Crippen LogP contribution in [0.3, 0.4) is 0 Å². The highest BCUT2D eigenvalue weighted by Crippen LogP contribution is 2.23. The van der Waals surface area contributed by atoms with Crippen LogP contribution in [-0.2, 0) is 11.4 Å². The van der Waals surface area contributed by atoms with Crippen LogP contribution in [0.4, 0.5) is 0 Å². The summed E-state index contributed by atoms with van der Waals surface area (Å²) in [6.45, 7) is 2.35. The van der Waals surface area contributed by atoms with Gasteiger partial charge in [-0.05, 0) is 37.3 Å². The van der Waals surface area contributed by atoms with Crippen LogP contribution in [0.1, 0.15) is 16.7 Å². The highest BCUT2D eigenvalue weighted by Gasteiger charge is 2.05. The number of rotatable bonds is 7. The van der Waals surface area contributed by atoms with Crippen molar-refractivity contribution in [3.8, 4) is 17.2 Å². The number of benzene rings is 2.